The molecular weight excluding hydrogens is 264 g/mol. The maximum atomic E-state index is 5.71. The van der Waals surface area contributed by atoms with Crippen LogP contribution in [0.1, 0.15) is 17.0 Å². The van der Waals surface area contributed by atoms with Crippen molar-refractivity contribution in [2.24, 2.45) is 0 Å². The predicted octanol–water partition coefficient (Wildman–Crippen LogP) is 3.93. The Morgan fingerprint density at radius 2 is 1.67 bits per heavy atom. The number of rotatable bonds is 4. The van der Waals surface area contributed by atoms with E-state index < -0.39 is 0 Å². The lowest BCUT2D eigenvalue weighted by molar-refractivity contribution is 0.264. The first-order valence-corrected chi connectivity index (χ1v) is 6.79. The van der Waals surface area contributed by atoms with Crippen LogP contribution in [0.5, 0.6) is 5.75 Å². The van der Waals surface area contributed by atoms with Crippen LogP contribution in [0.4, 0.5) is 0 Å². The van der Waals surface area contributed by atoms with Gasteiger partial charge in [-0.15, -0.1) is 10.2 Å². The predicted molar refractivity (Wildman–Crippen MR) is 80.0 cm³/mol. The second-order valence-corrected chi connectivity index (χ2v) is 4.98. The SMILES string of the molecule is Cc1cc(C)cc(OCc2nnc(-c3ccccc3)o2)c1. The van der Waals surface area contributed by atoms with Gasteiger partial charge in [-0.2, -0.15) is 0 Å². The standard InChI is InChI=1S/C17H16N2O2/c1-12-8-13(2)10-15(9-12)20-11-16-18-19-17(21-16)14-6-4-3-5-7-14/h3-10H,11H2,1-2H3. The van der Waals surface area contributed by atoms with Gasteiger partial charge in [0, 0.05) is 5.56 Å². The van der Waals surface area contributed by atoms with Gasteiger partial charge in [-0.1, -0.05) is 24.3 Å². The van der Waals surface area contributed by atoms with E-state index in [0.717, 1.165) is 11.3 Å². The maximum absolute atomic E-state index is 5.71. The van der Waals surface area contributed by atoms with Crippen LogP contribution < -0.4 is 4.74 Å². The second-order valence-electron chi connectivity index (χ2n) is 4.98. The molecule has 3 aromatic rings. The van der Waals surface area contributed by atoms with Gasteiger partial charge in [0.1, 0.15) is 5.75 Å². The van der Waals surface area contributed by atoms with Gasteiger partial charge >= 0.3 is 0 Å². The van der Waals surface area contributed by atoms with Crippen molar-refractivity contribution in [1.29, 1.82) is 0 Å². The Hall–Kier alpha value is -2.62. The first-order chi connectivity index (χ1) is 10.2. The molecule has 1 heterocycles. The van der Waals surface area contributed by atoms with Crippen LogP contribution in [0.3, 0.4) is 0 Å². The van der Waals surface area contributed by atoms with Crippen LogP contribution in [0.15, 0.2) is 52.9 Å². The first kappa shape index (κ1) is 13.4. The number of ether oxygens (including phenoxy) is 1. The molecule has 4 nitrogen and oxygen atoms in total. The Labute approximate surface area is 123 Å². The fraction of sp³-hybridized carbons (Fsp3) is 0.176. The topological polar surface area (TPSA) is 48.2 Å². The van der Waals surface area contributed by atoms with Gasteiger partial charge in [-0.3, -0.25) is 0 Å². The Bertz CT molecular complexity index is 715. The number of aromatic nitrogens is 2. The summed E-state index contributed by atoms with van der Waals surface area (Å²) < 4.78 is 11.3. The van der Waals surface area contributed by atoms with E-state index in [1.54, 1.807) is 0 Å². The molecule has 3 rings (SSSR count). The largest absolute Gasteiger partial charge is 0.484 e. The number of hydrogen-bond acceptors (Lipinski definition) is 4. The molecule has 21 heavy (non-hydrogen) atoms. The Balaban J connectivity index is 1.70. The monoisotopic (exact) mass is 280 g/mol. The van der Waals surface area contributed by atoms with E-state index in [4.69, 9.17) is 9.15 Å². The van der Waals surface area contributed by atoms with Crippen molar-refractivity contribution in [3.8, 4) is 17.2 Å². The highest BCUT2D eigenvalue weighted by Crippen LogP contribution is 2.20. The van der Waals surface area contributed by atoms with Crippen molar-refractivity contribution in [2.75, 3.05) is 0 Å². The molecule has 0 saturated carbocycles. The number of hydrogen-bond donors (Lipinski definition) is 0. The van der Waals surface area contributed by atoms with Crippen molar-refractivity contribution in [3.63, 3.8) is 0 Å². The van der Waals surface area contributed by atoms with Gasteiger partial charge in [0.05, 0.1) is 0 Å². The van der Waals surface area contributed by atoms with E-state index in [1.807, 2.05) is 56.3 Å². The summed E-state index contributed by atoms with van der Waals surface area (Å²) in [6.45, 7) is 4.35. The molecule has 0 bridgehead atoms. The lowest BCUT2D eigenvalue weighted by Crippen LogP contribution is -1.96. The highest BCUT2D eigenvalue weighted by molar-refractivity contribution is 5.51. The van der Waals surface area contributed by atoms with E-state index in [0.29, 0.717) is 11.8 Å². The normalized spacial score (nSPS) is 10.6. The third kappa shape index (κ3) is 3.28. The Kier molecular flexibility index (Phi) is 3.69. The van der Waals surface area contributed by atoms with Crippen LogP contribution >= 0.6 is 0 Å². The molecule has 0 saturated heterocycles. The molecule has 0 fully saturated rings. The quantitative estimate of drug-likeness (QED) is 0.726. The molecule has 0 spiro atoms. The lowest BCUT2D eigenvalue weighted by Gasteiger charge is -2.05. The van der Waals surface area contributed by atoms with E-state index in [2.05, 4.69) is 16.3 Å². The van der Waals surface area contributed by atoms with Crippen LogP contribution in [-0.4, -0.2) is 10.2 Å². The summed E-state index contributed by atoms with van der Waals surface area (Å²) in [6, 6.07) is 15.8. The zero-order valence-corrected chi connectivity index (χ0v) is 12.0. The minimum absolute atomic E-state index is 0.267. The van der Waals surface area contributed by atoms with Crippen LogP contribution in [-0.2, 0) is 6.61 Å². The van der Waals surface area contributed by atoms with E-state index in [-0.39, 0.29) is 6.61 Å². The van der Waals surface area contributed by atoms with Crippen molar-refractivity contribution < 1.29 is 9.15 Å². The summed E-state index contributed by atoms with van der Waals surface area (Å²) >= 11 is 0. The average Bonchev–Trinajstić information content (AvgIpc) is 2.94. The number of aryl methyl sites for hydroxylation is 2. The summed E-state index contributed by atoms with van der Waals surface area (Å²) in [4.78, 5) is 0. The van der Waals surface area contributed by atoms with Gasteiger partial charge in [0.2, 0.25) is 5.89 Å². The second kappa shape index (κ2) is 5.79. The van der Waals surface area contributed by atoms with Gasteiger partial charge in [0.15, 0.2) is 6.61 Å². The first-order valence-electron chi connectivity index (χ1n) is 6.79. The third-order valence-corrected chi connectivity index (χ3v) is 3.05. The molecule has 1 aromatic heterocycles. The number of nitrogens with zero attached hydrogens (tertiary/aromatic N) is 2. The molecule has 2 aromatic carbocycles. The zero-order valence-electron chi connectivity index (χ0n) is 12.0. The molecule has 0 amide bonds. The minimum atomic E-state index is 0.267. The summed E-state index contributed by atoms with van der Waals surface area (Å²) in [5.74, 6) is 1.79. The molecular formula is C17H16N2O2. The zero-order chi connectivity index (χ0) is 14.7. The van der Waals surface area contributed by atoms with Gasteiger partial charge in [0.25, 0.3) is 5.89 Å². The summed E-state index contributed by atoms with van der Waals surface area (Å²) in [6.07, 6.45) is 0. The van der Waals surface area contributed by atoms with E-state index >= 15 is 0 Å². The summed E-state index contributed by atoms with van der Waals surface area (Å²) in [7, 11) is 0. The highest BCUT2D eigenvalue weighted by atomic mass is 16.5. The van der Waals surface area contributed by atoms with E-state index in [1.165, 1.54) is 11.1 Å². The number of benzene rings is 2. The molecule has 4 heteroatoms. The molecule has 0 radical (unpaired) electrons. The van der Waals surface area contributed by atoms with Gasteiger partial charge in [-0.25, -0.2) is 0 Å². The smallest absolute Gasteiger partial charge is 0.254 e. The van der Waals surface area contributed by atoms with Crippen LogP contribution in [0.25, 0.3) is 11.5 Å². The third-order valence-electron chi connectivity index (χ3n) is 3.05. The van der Waals surface area contributed by atoms with Gasteiger partial charge in [-0.05, 0) is 49.2 Å². The average molecular weight is 280 g/mol. The van der Waals surface area contributed by atoms with Crippen LogP contribution in [0, 0.1) is 13.8 Å². The minimum Gasteiger partial charge on any atom is -0.484 e. The summed E-state index contributed by atoms with van der Waals surface area (Å²) in [5.41, 5.74) is 3.24. The fourth-order valence-electron chi connectivity index (χ4n) is 2.17. The Morgan fingerprint density at radius 3 is 2.38 bits per heavy atom. The van der Waals surface area contributed by atoms with Gasteiger partial charge < -0.3 is 9.15 Å². The molecule has 106 valence electrons. The molecule has 0 N–H and O–H groups in total. The van der Waals surface area contributed by atoms with Crippen molar-refractivity contribution in [3.05, 3.63) is 65.5 Å². The van der Waals surface area contributed by atoms with E-state index in [9.17, 15) is 0 Å². The van der Waals surface area contributed by atoms with Crippen molar-refractivity contribution >= 4 is 0 Å². The fourth-order valence-corrected chi connectivity index (χ4v) is 2.17. The van der Waals surface area contributed by atoms with Crippen molar-refractivity contribution in [1.82, 2.24) is 10.2 Å². The summed E-state index contributed by atoms with van der Waals surface area (Å²) in [5, 5.41) is 8.05. The highest BCUT2D eigenvalue weighted by Gasteiger charge is 2.08. The molecule has 0 atom stereocenters. The molecule has 0 aliphatic rings. The molecule has 0 aliphatic heterocycles. The molecule has 0 unspecified atom stereocenters. The maximum Gasteiger partial charge on any atom is 0.254 e. The molecule has 0 aliphatic carbocycles. The van der Waals surface area contributed by atoms with Crippen LogP contribution in [0.2, 0.25) is 0 Å². The lowest BCUT2D eigenvalue weighted by atomic mass is 10.1. The van der Waals surface area contributed by atoms with Crippen molar-refractivity contribution in [2.45, 2.75) is 20.5 Å². The Morgan fingerprint density at radius 1 is 0.952 bits per heavy atom.